The first kappa shape index (κ1) is 57.3. The number of amides is 2. The zero-order valence-corrected chi connectivity index (χ0v) is 35.1. The van der Waals surface area contributed by atoms with E-state index < -0.39 is 78.7 Å². The summed E-state index contributed by atoms with van der Waals surface area (Å²) in [5.74, 6) is -0.855. The molecule has 60 heavy (non-hydrogen) atoms. The molecule has 0 spiro atoms. The summed E-state index contributed by atoms with van der Waals surface area (Å²) in [5.41, 5.74) is -10.9. The molecule has 0 aromatic heterocycles. The summed E-state index contributed by atoms with van der Waals surface area (Å²) in [6, 6.07) is 12.6. The van der Waals surface area contributed by atoms with Crippen molar-refractivity contribution in [2.75, 3.05) is 13.2 Å². The molecule has 344 valence electrons. The van der Waals surface area contributed by atoms with Gasteiger partial charge in [-0.1, -0.05) is 49.4 Å². The number of alkyl halides is 6. The minimum absolute atomic E-state index is 0. The van der Waals surface area contributed by atoms with Gasteiger partial charge in [-0.25, -0.2) is 19.2 Å². The van der Waals surface area contributed by atoms with Crippen molar-refractivity contribution in [1.29, 1.82) is 0 Å². The number of nitrogens with one attached hydrogen (secondary N) is 2. The zero-order valence-electron chi connectivity index (χ0n) is 33.4. The maximum Gasteiger partial charge on any atom is 0.524 e. The van der Waals surface area contributed by atoms with E-state index in [1.807, 2.05) is 34.8 Å². The highest BCUT2D eigenvalue weighted by molar-refractivity contribution is 8.00. The second-order valence-electron chi connectivity index (χ2n) is 13.8. The van der Waals surface area contributed by atoms with Crippen LogP contribution in [0.2, 0.25) is 0 Å². The van der Waals surface area contributed by atoms with Crippen LogP contribution < -0.4 is 10.6 Å². The zero-order chi connectivity index (χ0) is 46.2. The van der Waals surface area contributed by atoms with Crippen molar-refractivity contribution in [2.24, 2.45) is 0 Å². The quantitative estimate of drug-likeness (QED) is 0.0870. The van der Waals surface area contributed by atoms with E-state index in [2.05, 4.69) is 10.6 Å². The van der Waals surface area contributed by atoms with Gasteiger partial charge in [-0.15, -0.1) is 3.63 Å². The molecule has 16 nitrogen and oxygen atoms in total. The van der Waals surface area contributed by atoms with E-state index in [1.54, 1.807) is 67.5 Å². The maximum absolute atomic E-state index is 12.0. The van der Waals surface area contributed by atoms with Gasteiger partial charge in [0.05, 0.1) is 13.2 Å². The Labute approximate surface area is 345 Å². The molecule has 3 N–H and O–H groups in total. The molecule has 0 aliphatic heterocycles. The molecule has 0 bridgehead atoms. The van der Waals surface area contributed by atoms with Gasteiger partial charge in [0.25, 0.3) is 0 Å². The molecule has 0 unspecified atom stereocenters. The molecule has 2 atom stereocenters. The van der Waals surface area contributed by atoms with E-state index in [0.717, 1.165) is 16.7 Å². The predicted octanol–water partition coefficient (Wildman–Crippen LogP) is 6.72. The minimum atomic E-state index is -6.85. The fourth-order valence-corrected chi connectivity index (χ4v) is 5.36. The number of alkyl carbamates (subject to hydrolysis) is 2. The number of aryl methyl sites for hydroxylation is 1. The molecule has 0 saturated carbocycles. The highest BCUT2D eigenvalue weighted by Crippen LogP contribution is 2.32. The minimum Gasteiger partial charge on any atom is -0.508 e. The maximum atomic E-state index is 12.0. The summed E-state index contributed by atoms with van der Waals surface area (Å²) in [6.07, 6.45) is -0.696. The molecule has 0 fully saturated rings. The van der Waals surface area contributed by atoms with Crippen molar-refractivity contribution < 1.29 is 90.0 Å². The largest absolute Gasteiger partial charge is 0.524 e. The topological polar surface area (TPSA) is 227 Å². The molecule has 2 rings (SSSR count). The molecule has 2 aromatic carbocycles. The Hall–Kier alpha value is -4.84. The van der Waals surface area contributed by atoms with Crippen LogP contribution in [0.1, 0.15) is 79.5 Å². The summed E-state index contributed by atoms with van der Waals surface area (Å²) in [4.78, 5) is 47.7. The first-order chi connectivity index (χ1) is 26.6. The smallest absolute Gasteiger partial charge is 0.508 e. The molecule has 0 aliphatic rings. The van der Waals surface area contributed by atoms with Crippen molar-refractivity contribution in [1.82, 2.24) is 10.6 Å². The molecular weight excluding hydrogens is 863 g/mol. The van der Waals surface area contributed by atoms with Gasteiger partial charge in [-0.05, 0) is 85.6 Å². The molecule has 2 amide bonds. The van der Waals surface area contributed by atoms with Crippen LogP contribution >= 0.6 is 0 Å². The Morgan fingerprint density at radius 1 is 0.617 bits per heavy atom. The van der Waals surface area contributed by atoms with Gasteiger partial charge in [-0.2, -0.15) is 43.2 Å². The Balaban J connectivity index is 0. The molecule has 0 radical (unpaired) electrons. The average molecular weight is 915 g/mol. The van der Waals surface area contributed by atoms with Gasteiger partial charge in [0, 0.05) is 12.8 Å². The van der Waals surface area contributed by atoms with Crippen LogP contribution in [0.4, 0.5) is 35.9 Å². The van der Waals surface area contributed by atoms with Crippen LogP contribution in [0.5, 0.6) is 5.75 Å². The number of rotatable bonds is 12. The lowest BCUT2D eigenvalue weighted by Crippen LogP contribution is -2.45. The molecular formula is C36H52F6N2O14S2. The molecule has 0 aliphatic carbocycles. The molecule has 0 saturated heterocycles. The van der Waals surface area contributed by atoms with Gasteiger partial charge in [0.15, 0.2) is 0 Å². The fraction of sp³-hybridized carbons (Fsp3) is 0.556. The number of carbonyl (C=O) groups is 4. The number of esters is 2. The van der Waals surface area contributed by atoms with Crippen LogP contribution in [0.25, 0.3) is 0 Å². The third kappa shape index (κ3) is 23.1. The SMILES string of the molecule is C.CCOC(=O)[C@H](Cc1ccc(C)cc1)NC(=O)OC(C)(C)C.CCOC(=O)[C@H](Cc1ccc(O)cc1)NC(=O)OC(C)(C)C.O=S(=O)(OS(=O)(=O)C(F)(F)F)C(F)(F)F. The van der Waals surface area contributed by atoms with Gasteiger partial charge in [0.1, 0.15) is 29.0 Å². The first-order valence-electron chi connectivity index (χ1n) is 17.1. The van der Waals surface area contributed by atoms with Gasteiger partial charge in [0.2, 0.25) is 0 Å². The van der Waals surface area contributed by atoms with Crippen LogP contribution in [0.15, 0.2) is 48.5 Å². The average Bonchev–Trinajstić information content (AvgIpc) is 3.04. The summed E-state index contributed by atoms with van der Waals surface area (Å²) in [6.45, 7) is 16.4. The van der Waals surface area contributed by atoms with E-state index in [-0.39, 0.29) is 32.8 Å². The highest BCUT2D eigenvalue weighted by Gasteiger charge is 2.57. The summed E-state index contributed by atoms with van der Waals surface area (Å²) >= 11 is 0. The standard InChI is InChI=1S/C17H25NO4.C16H23NO5.C2F6O5S2.CH4/c1-6-21-15(19)14(18-16(20)22-17(3,4)5)11-13-9-7-12(2)8-10-13;1-5-21-14(19)13(17-15(20)22-16(2,3)4)10-11-6-8-12(18)9-7-11;3-1(4,5)14(9,10)13-15(11,12)2(6,7)8;/h7-10,14H,6,11H2,1-5H3,(H,18,20);6-9,13,18H,5,10H2,1-4H3,(H,17,20);;1H4/t14-;13-;;/m00../s1. The Bertz CT molecular complexity index is 1760. The molecule has 2 aromatic rings. The van der Waals surface area contributed by atoms with E-state index in [1.165, 1.54) is 12.1 Å². The highest BCUT2D eigenvalue weighted by atomic mass is 32.3. The molecule has 24 heteroatoms. The van der Waals surface area contributed by atoms with Gasteiger partial charge in [-0.3, -0.25) is 0 Å². The lowest BCUT2D eigenvalue weighted by Gasteiger charge is -2.23. The first-order valence-corrected chi connectivity index (χ1v) is 19.9. The van der Waals surface area contributed by atoms with Gasteiger partial charge >= 0.3 is 55.4 Å². The second kappa shape index (κ2) is 23.8. The lowest BCUT2D eigenvalue weighted by molar-refractivity contribution is -0.146. The number of carbonyl (C=O) groups excluding carboxylic acids is 4. The van der Waals surface area contributed by atoms with E-state index in [4.69, 9.17) is 18.9 Å². The molecule has 0 heterocycles. The summed E-state index contributed by atoms with van der Waals surface area (Å²) in [7, 11) is -13.7. The number of halogens is 6. The summed E-state index contributed by atoms with van der Waals surface area (Å²) in [5, 5.41) is 14.4. The van der Waals surface area contributed by atoms with Crippen molar-refractivity contribution in [2.45, 2.75) is 117 Å². The number of benzene rings is 2. The van der Waals surface area contributed by atoms with Crippen LogP contribution in [-0.2, 0) is 65.2 Å². The lowest BCUT2D eigenvalue weighted by atomic mass is 10.0. The fourth-order valence-electron chi connectivity index (χ4n) is 3.79. The van der Waals surface area contributed by atoms with Crippen LogP contribution in [0.3, 0.4) is 0 Å². The predicted molar refractivity (Wildman–Crippen MR) is 204 cm³/mol. The van der Waals surface area contributed by atoms with Crippen molar-refractivity contribution in [3.8, 4) is 5.75 Å². The normalized spacial score (nSPS) is 12.9. The third-order valence-electron chi connectivity index (χ3n) is 6.21. The van der Waals surface area contributed by atoms with Crippen LogP contribution in [-0.4, -0.2) is 93.6 Å². The van der Waals surface area contributed by atoms with Crippen LogP contribution in [0, 0.1) is 6.92 Å². The monoisotopic (exact) mass is 914 g/mol. The number of hydrogen-bond donors (Lipinski definition) is 3. The van der Waals surface area contributed by atoms with E-state index in [0.29, 0.717) is 6.42 Å². The number of ether oxygens (including phenoxy) is 4. The second-order valence-corrected chi connectivity index (χ2v) is 17.1. The third-order valence-corrected chi connectivity index (χ3v) is 8.77. The van der Waals surface area contributed by atoms with E-state index in [9.17, 15) is 67.5 Å². The van der Waals surface area contributed by atoms with Gasteiger partial charge < -0.3 is 34.7 Å². The van der Waals surface area contributed by atoms with E-state index >= 15 is 0 Å². The van der Waals surface area contributed by atoms with Crippen molar-refractivity contribution >= 4 is 44.4 Å². The van der Waals surface area contributed by atoms with Crippen molar-refractivity contribution in [3.05, 3.63) is 65.2 Å². The Morgan fingerprint density at radius 2 is 0.917 bits per heavy atom. The Kier molecular flexibility index (Phi) is 22.7. The number of phenols is 1. The number of aromatic hydroxyl groups is 1. The Morgan fingerprint density at radius 3 is 1.18 bits per heavy atom. The number of phenolic OH excluding ortho intramolecular Hbond substituents is 1. The van der Waals surface area contributed by atoms with Crippen molar-refractivity contribution in [3.63, 3.8) is 0 Å². The summed E-state index contributed by atoms with van der Waals surface area (Å²) < 4.78 is 130. The number of hydrogen-bond acceptors (Lipinski definition) is 14.